The first-order valence-corrected chi connectivity index (χ1v) is 3.26. The molecule has 1 radical (unpaired) electrons. The van der Waals surface area contributed by atoms with E-state index < -0.39 is 0 Å². The van der Waals surface area contributed by atoms with E-state index >= 15 is 0 Å². The quantitative estimate of drug-likeness (QED) is 0.392. The molecular formula is C7H11NNaO. The van der Waals surface area contributed by atoms with Crippen LogP contribution in [0.3, 0.4) is 0 Å². The van der Waals surface area contributed by atoms with Crippen molar-refractivity contribution in [2.45, 2.75) is 19.3 Å². The van der Waals surface area contributed by atoms with E-state index in [4.69, 9.17) is 0 Å². The number of carbonyl (C=O) groups is 1. The molecule has 1 N–H and O–H groups in total. The molecule has 3 heteroatoms. The zero-order chi connectivity index (χ0) is 6.69. The Morgan fingerprint density at radius 2 is 2.10 bits per heavy atom. The van der Waals surface area contributed by atoms with Crippen LogP contribution in [0.25, 0.3) is 0 Å². The van der Waals surface area contributed by atoms with Gasteiger partial charge in [-0.15, -0.1) is 0 Å². The van der Waals surface area contributed by atoms with Crippen molar-refractivity contribution in [3.05, 3.63) is 12.2 Å². The van der Waals surface area contributed by atoms with Gasteiger partial charge in [0.15, 0.2) is 0 Å². The SMILES string of the molecule is C=C1CCCCNC1=O.[Na]. The summed E-state index contributed by atoms with van der Waals surface area (Å²) in [4.78, 5) is 10.8. The Morgan fingerprint density at radius 3 is 2.80 bits per heavy atom. The van der Waals surface area contributed by atoms with Crippen LogP contribution in [0.4, 0.5) is 0 Å². The number of hydrogen-bond donors (Lipinski definition) is 1. The molecule has 0 atom stereocenters. The van der Waals surface area contributed by atoms with Crippen LogP contribution < -0.4 is 5.32 Å². The molecule has 0 bridgehead atoms. The Bertz CT molecular complexity index is 129. The van der Waals surface area contributed by atoms with Crippen LogP contribution >= 0.6 is 0 Å². The second kappa shape index (κ2) is 4.94. The van der Waals surface area contributed by atoms with Gasteiger partial charge >= 0.3 is 0 Å². The monoisotopic (exact) mass is 148 g/mol. The van der Waals surface area contributed by atoms with Gasteiger partial charge in [0.25, 0.3) is 0 Å². The Labute approximate surface area is 83.4 Å². The summed E-state index contributed by atoms with van der Waals surface area (Å²) in [5.74, 6) is 0.0347. The van der Waals surface area contributed by atoms with Crippen molar-refractivity contribution in [3.8, 4) is 0 Å². The van der Waals surface area contributed by atoms with Gasteiger partial charge in [0.1, 0.15) is 0 Å². The van der Waals surface area contributed by atoms with E-state index in [1.54, 1.807) is 0 Å². The average Bonchev–Trinajstić information content (AvgIpc) is 1.99. The van der Waals surface area contributed by atoms with Crippen molar-refractivity contribution in [1.82, 2.24) is 5.32 Å². The van der Waals surface area contributed by atoms with E-state index in [2.05, 4.69) is 11.9 Å². The Kier molecular flexibility index (Phi) is 5.04. The van der Waals surface area contributed by atoms with E-state index in [1.165, 1.54) is 0 Å². The maximum atomic E-state index is 10.8. The van der Waals surface area contributed by atoms with Crippen LogP contribution in [0.5, 0.6) is 0 Å². The third-order valence-corrected chi connectivity index (χ3v) is 1.51. The molecule has 0 aromatic heterocycles. The molecule has 1 aliphatic heterocycles. The molecule has 51 valence electrons. The second-order valence-corrected chi connectivity index (χ2v) is 2.32. The molecule has 0 saturated carbocycles. The standard InChI is InChI=1S/C7H11NO.Na/c1-6-4-2-3-5-8-7(6)9;/h1-5H2,(H,8,9);. The Balaban J connectivity index is 0.000000810. The zero-order valence-electron chi connectivity index (χ0n) is 6.44. The summed E-state index contributed by atoms with van der Waals surface area (Å²) in [5.41, 5.74) is 0.729. The summed E-state index contributed by atoms with van der Waals surface area (Å²) in [6.07, 6.45) is 3.05. The van der Waals surface area contributed by atoms with Crippen molar-refractivity contribution < 1.29 is 4.79 Å². The number of amides is 1. The van der Waals surface area contributed by atoms with Crippen molar-refractivity contribution >= 4 is 35.5 Å². The molecule has 0 aromatic rings. The van der Waals surface area contributed by atoms with Gasteiger partial charge in [-0.1, -0.05) is 6.58 Å². The summed E-state index contributed by atoms with van der Waals surface area (Å²) in [7, 11) is 0. The second-order valence-electron chi connectivity index (χ2n) is 2.32. The maximum Gasteiger partial charge on any atom is 0.246 e. The van der Waals surface area contributed by atoms with Crippen LogP contribution in [0, 0.1) is 0 Å². The van der Waals surface area contributed by atoms with Gasteiger partial charge < -0.3 is 5.32 Å². The van der Waals surface area contributed by atoms with E-state index in [0.717, 1.165) is 31.4 Å². The normalized spacial score (nSPS) is 18.8. The Hall–Kier alpha value is 0.210. The zero-order valence-corrected chi connectivity index (χ0v) is 8.44. The molecule has 0 aromatic carbocycles. The topological polar surface area (TPSA) is 29.1 Å². The number of nitrogens with one attached hydrogen (secondary N) is 1. The van der Waals surface area contributed by atoms with Gasteiger partial charge in [-0.3, -0.25) is 4.79 Å². The molecule has 1 aliphatic rings. The fourth-order valence-corrected chi connectivity index (χ4v) is 0.904. The van der Waals surface area contributed by atoms with E-state index in [9.17, 15) is 4.79 Å². The number of rotatable bonds is 0. The van der Waals surface area contributed by atoms with Gasteiger partial charge in [-0.05, 0) is 19.3 Å². The molecule has 1 fully saturated rings. The summed E-state index contributed by atoms with van der Waals surface area (Å²) >= 11 is 0. The van der Waals surface area contributed by atoms with E-state index in [-0.39, 0.29) is 35.5 Å². The molecule has 1 heterocycles. The first kappa shape index (κ1) is 10.2. The van der Waals surface area contributed by atoms with Crippen LogP contribution in [0.1, 0.15) is 19.3 Å². The number of carbonyl (C=O) groups excluding carboxylic acids is 1. The molecule has 1 amide bonds. The average molecular weight is 148 g/mol. The van der Waals surface area contributed by atoms with Crippen molar-refractivity contribution in [1.29, 1.82) is 0 Å². The molecule has 1 saturated heterocycles. The summed E-state index contributed by atoms with van der Waals surface area (Å²) in [6, 6.07) is 0. The largest absolute Gasteiger partial charge is 0.352 e. The maximum absolute atomic E-state index is 10.8. The van der Waals surface area contributed by atoms with Crippen LogP contribution in [-0.4, -0.2) is 42.0 Å². The fraction of sp³-hybridized carbons (Fsp3) is 0.571. The van der Waals surface area contributed by atoms with Crippen molar-refractivity contribution in [2.24, 2.45) is 0 Å². The van der Waals surface area contributed by atoms with Crippen LogP contribution in [0.2, 0.25) is 0 Å². The molecule has 0 unspecified atom stereocenters. The molecule has 1 rings (SSSR count). The molecular weight excluding hydrogens is 137 g/mol. The smallest absolute Gasteiger partial charge is 0.246 e. The van der Waals surface area contributed by atoms with Gasteiger partial charge in [-0.2, -0.15) is 0 Å². The van der Waals surface area contributed by atoms with Crippen molar-refractivity contribution in [3.63, 3.8) is 0 Å². The minimum Gasteiger partial charge on any atom is -0.352 e. The van der Waals surface area contributed by atoms with Crippen molar-refractivity contribution in [2.75, 3.05) is 6.54 Å². The van der Waals surface area contributed by atoms with E-state index in [1.807, 2.05) is 0 Å². The molecule has 0 spiro atoms. The summed E-state index contributed by atoms with van der Waals surface area (Å²) in [5, 5.41) is 2.76. The first-order chi connectivity index (χ1) is 4.30. The minimum absolute atomic E-state index is 0. The minimum atomic E-state index is 0. The summed E-state index contributed by atoms with van der Waals surface area (Å²) in [6.45, 7) is 4.46. The molecule has 2 nitrogen and oxygen atoms in total. The van der Waals surface area contributed by atoms with Gasteiger partial charge in [-0.25, -0.2) is 0 Å². The van der Waals surface area contributed by atoms with E-state index in [0.29, 0.717) is 0 Å². The van der Waals surface area contributed by atoms with Gasteiger partial charge in [0, 0.05) is 41.7 Å². The predicted molar refractivity (Wildman–Crippen MR) is 41.8 cm³/mol. The fourth-order valence-electron chi connectivity index (χ4n) is 0.904. The molecule has 0 aliphatic carbocycles. The summed E-state index contributed by atoms with van der Waals surface area (Å²) < 4.78 is 0. The first-order valence-electron chi connectivity index (χ1n) is 3.26. The third-order valence-electron chi connectivity index (χ3n) is 1.51. The molecule has 10 heavy (non-hydrogen) atoms. The van der Waals surface area contributed by atoms with Gasteiger partial charge in [0.05, 0.1) is 0 Å². The Morgan fingerprint density at radius 1 is 1.40 bits per heavy atom. The third kappa shape index (κ3) is 2.86. The van der Waals surface area contributed by atoms with Gasteiger partial charge in [0.2, 0.25) is 5.91 Å². The van der Waals surface area contributed by atoms with Crippen LogP contribution in [-0.2, 0) is 4.79 Å². The number of hydrogen-bond acceptors (Lipinski definition) is 1. The predicted octanol–water partition coefficient (Wildman–Crippen LogP) is 0.462. The van der Waals surface area contributed by atoms with Crippen LogP contribution in [0.15, 0.2) is 12.2 Å².